The quantitative estimate of drug-likeness (QED) is 0.457. The summed E-state index contributed by atoms with van der Waals surface area (Å²) in [5, 5.41) is 15.9. The fraction of sp³-hybridized carbons (Fsp3) is 0.222. The molecule has 0 aromatic carbocycles. The minimum Gasteiger partial charge on any atom is -0.462 e. The Labute approximate surface area is 168 Å². The first-order valence-corrected chi connectivity index (χ1v) is 11.0. The van der Waals surface area contributed by atoms with Crippen LogP contribution in [0.15, 0.2) is 45.5 Å². The van der Waals surface area contributed by atoms with Gasteiger partial charge in [0.1, 0.15) is 0 Å². The van der Waals surface area contributed by atoms with Crippen LogP contribution in [0.3, 0.4) is 0 Å². The maximum atomic E-state index is 12.6. The molecule has 0 saturated heterocycles. The number of hydrogen-bond acceptors (Lipinski definition) is 8. The molecule has 0 unspecified atom stereocenters. The predicted molar refractivity (Wildman–Crippen MR) is 111 cm³/mol. The van der Waals surface area contributed by atoms with Gasteiger partial charge in [-0.3, -0.25) is 0 Å². The van der Waals surface area contributed by atoms with Crippen LogP contribution in [0.25, 0.3) is 16.8 Å². The van der Waals surface area contributed by atoms with Crippen molar-refractivity contribution in [3.05, 3.63) is 45.0 Å². The fourth-order valence-corrected chi connectivity index (χ4v) is 4.90. The Morgan fingerprint density at radius 3 is 2.93 bits per heavy atom. The van der Waals surface area contributed by atoms with E-state index in [4.69, 9.17) is 9.84 Å². The Balaban J connectivity index is 1.77. The topological polar surface area (TPSA) is 69.4 Å². The van der Waals surface area contributed by atoms with Crippen LogP contribution in [0.1, 0.15) is 16.7 Å². The molecule has 4 heterocycles. The van der Waals surface area contributed by atoms with Crippen LogP contribution in [0, 0.1) is 6.92 Å². The molecule has 0 spiro atoms. The fourth-order valence-electron chi connectivity index (χ4n) is 2.56. The van der Waals surface area contributed by atoms with E-state index in [9.17, 15) is 4.79 Å². The SMILES string of the molecule is CCOC(=O)/C(=C\c1ccc(C)s1)C1=Nn2c(nnc2-c2cccs2)SC1. The average molecular weight is 417 g/mol. The van der Waals surface area contributed by atoms with Crippen molar-refractivity contribution in [1.82, 2.24) is 14.9 Å². The molecule has 9 heteroatoms. The van der Waals surface area contributed by atoms with E-state index in [0.717, 1.165) is 14.9 Å². The summed E-state index contributed by atoms with van der Waals surface area (Å²) in [6.45, 7) is 4.16. The zero-order valence-electron chi connectivity index (χ0n) is 14.7. The van der Waals surface area contributed by atoms with Gasteiger partial charge in [-0.2, -0.15) is 9.78 Å². The number of aromatic nitrogens is 3. The summed E-state index contributed by atoms with van der Waals surface area (Å²) >= 11 is 4.72. The van der Waals surface area contributed by atoms with Crippen LogP contribution >= 0.6 is 34.4 Å². The van der Waals surface area contributed by atoms with E-state index in [2.05, 4.69) is 10.2 Å². The van der Waals surface area contributed by atoms with Gasteiger partial charge >= 0.3 is 5.97 Å². The maximum absolute atomic E-state index is 12.6. The van der Waals surface area contributed by atoms with E-state index in [1.165, 1.54) is 16.6 Å². The van der Waals surface area contributed by atoms with Gasteiger partial charge in [0, 0.05) is 15.5 Å². The highest BCUT2D eigenvalue weighted by Crippen LogP contribution is 2.31. The number of esters is 1. The molecule has 138 valence electrons. The van der Waals surface area contributed by atoms with Crippen molar-refractivity contribution >= 4 is 52.2 Å². The van der Waals surface area contributed by atoms with Crippen molar-refractivity contribution in [3.8, 4) is 10.7 Å². The molecule has 0 amide bonds. The monoisotopic (exact) mass is 416 g/mol. The number of thiophene rings is 2. The Morgan fingerprint density at radius 1 is 1.33 bits per heavy atom. The zero-order valence-corrected chi connectivity index (χ0v) is 17.2. The second kappa shape index (κ2) is 7.79. The molecule has 0 fully saturated rings. The van der Waals surface area contributed by atoms with Crippen molar-refractivity contribution in [3.63, 3.8) is 0 Å². The molecule has 0 N–H and O–H groups in total. The first kappa shape index (κ1) is 18.1. The van der Waals surface area contributed by atoms with Crippen molar-refractivity contribution in [2.24, 2.45) is 5.10 Å². The molecule has 4 rings (SSSR count). The van der Waals surface area contributed by atoms with Crippen molar-refractivity contribution in [1.29, 1.82) is 0 Å². The standard InChI is InChI=1S/C18H16N4O2S3/c1-3-24-17(23)13(9-12-7-6-11(2)27-12)14-10-26-18-20-19-16(22(18)21-14)15-5-4-8-25-15/h4-9H,3,10H2,1-2H3/b13-9-. The Hall–Kier alpha value is -2.23. The normalized spacial score (nSPS) is 14.0. The van der Waals surface area contributed by atoms with Crippen molar-refractivity contribution in [2.75, 3.05) is 12.4 Å². The third-order valence-electron chi connectivity index (χ3n) is 3.77. The second-order valence-electron chi connectivity index (χ2n) is 5.66. The summed E-state index contributed by atoms with van der Waals surface area (Å²) in [7, 11) is 0. The van der Waals surface area contributed by atoms with Gasteiger partial charge in [-0.15, -0.1) is 32.9 Å². The Bertz CT molecular complexity index is 1030. The molecule has 0 saturated carbocycles. The Kier molecular flexibility index (Phi) is 5.24. The number of hydrogen-bond donors (Lipinski definition) is 0. The van der Waals surface area contributed by atoms with E-state index in [0.29, 0.717) is 29.5 Å². The molecule has 0 atom stereocenters. The number of carbonyl (C=O) groups is 1. The van der Waals surface area contributed by atoms with Gasteiger partial charge in [-0.25, -0.2) is 4.79 Å². The van der Waals surface area contributed by atoms with Gasteiger partial charge in [-0.1, -0.05) is 17.8 Å². The largest absolute Gasteiger partial charge is 0.462 e. The number of thioether (sulfide) groups is 1. The molecule has 1 aliphatic heterocycles. The van der Waals surface area contributed by atoms with E-state index in [1.807, 2.05) is 42.6 Å². The van der Waals surface area contributed by atoms with Gasteiger partial charge in [0.15, 0.2) is 5.82 Å². The number of rotatable bonds is 5. The van der Waals surface area contributed by atoms with Gasteiger partial charge < -0.3 is 4.74 Å². The number of ether oxygens (including phenoxy) is 1. The first-order chi connectivity index (χ1) is 13.2. The highest BCUT2D eigenvalue weighted by molar-refractivity contribution is 7.99. The molecular weight excluding hydrogens is 400 g/mol. The van der Waals surface area contributed by atoms with E-state index >= 15 is 0 Å². The number of aryl methyl sites for hydroxylation is 1. The number of nitrogens with zero attached hydrogens (tertiary/aromatic N) is 4. The minimum atomic E-state index is -0.364. The molecule has 3 aromatic heterocycles. The summed E-state index contributed by atoms with van der Waals surface area (Å²) in [6.07, 6.45) is 1.86. The Morgan fingerprint density at radius 2 is 2.22 bits per heavy atom. The molecule has 0 bridgehead atoms. The van der Waals surface area contributed by atoms with E-state index in [1.54, 1.807) is 34.3 Å². The molecule has 0 radical (unpaired) electrons. The minimum absolute atomic E-state index is 0.318. The maximum Gasteiger partial charge on any atom is 0.340 e. The number of carbonyl (C=O) groups excluding carboxylic acids is 1. The lowest BCUT2D eigenvalue weighted by Gasteiger charge is -2.15. The molecule has 0 aliphatic carbocycles. The third-order valence-corrected chi connectivity index (χ3v) is 6.51. The van der Waals surface area contributed by atoms with Gasteiger partial charge in [-0.05, 0) is 43.5 Å². The summed E-state index contributed by atoms with van der Waals surface area (Å²) in [4.78, 5) is 15.8. The summed E-state index contributed by atoms with van der Waals surface area (Å²) in [5.74, 6) is 0.856. The highest BCUT2D eigenvalue weighted by atomic mass is 32.2. The summed E-state index contributed by atoms with van der Waals surface area (Å²) in [6, 6.07) is 7.97. The first-order valence-electron chi connectivity index (χ1n) is 8.31. The van der Waals surface area contributed by atoms with Crippen LogP contribution in [0.2, 0.25) is 0 Å². The highest BCUT2D eigenvalue weighted by Gasteiger charge is 2.26. The van der Waals surface area contributed by atoms with Crippen molar-refractivity contribution < 1.29 is 9.53 Å². The van der Waals surface area contributed by atoms with Gasteiger partial charge in [0.05, 0.1) is 22.8 Å². The lowest BCUT2D eigenvalue weighted by molar-refractivity contribution is -0.137. The zero-order chi connectivity index (χ0) is 18.8. The van der Waals surface area contributed by atoms with Gasteiger partial charge in [0.2, 0.25) is 5.16 Å². The second-order valence-corrected chi connectivity index (χ2v) is 8.87. The molecule has 1 aliphatic rings. The van der Waals surface area contributed by atoms with Crippen LogP contribution in [-0.4, -0.2) is 38.9 Å². The summed E-state index contributed by atoms with van der Waals surface area (Å²) < 4.78 is 6.99. The molecule has 3 aromatic rings. The van der Waals surface area contributed by atoms with Crippen LogP contribution in [-0.2, 0) is 9.53 Å². The molecule has 27 heavy (non-hydrogen) atoms. The van der Waals surface area contributed by atoms with Crippen LogP contribution < -0.4 is 0 Å². The van der Waals surface area contributed by atoms with Crippen molar-refractivity contribution in [2.45, 2.75) is 19.0 Å². The average Bonchev–Trinajstić information content (AvgIpc) is 3.39. The third kappa shape index (κ3) is 3.76. The predicted octanol–water partition coefficient (Wildman–Crippen LogP) is 4.33. The summed E-state index contributed by atoms with van der Waals surface area (Å²) in [5.41, 5.74) is 1.14. The lowest BCUT2D eigenvalue weighted by atomic mass is 10.1. The van der Waals surface area contributed by atoms with Crippen LogP contribution in [0.5, 0.6) is 0 Å². The smallest absolute Gasteiger partial charge is 0.340 e. The van der Waals surface area contributed by atoms with E-state index in [-0.39, 0.29) is 5.97 Å². The number of fused-ring (bicyclic) bond motifs is 1. The molecular formula is C18H16N4O2S3. The van der Waals surface area contributed by atoms with E-state index < -0.39 is 0 Å². The van der Waals surface area contributed by atoms with Gasteiger partial charge in [0.25, 0.3) is 0 Å². The molecule has 6 nitrogen and oxygen atoms in total. The van der Waals surface area contributed by atoms with Crippen LogP contribution in [0.4, 0.5) is 0 Å². The lowest BCUT2D eigenvalue weighted by Crippen LogP contribution is -2.21.